The van der Waals surface area contributed by atoms with Crippen LogP contribution in [0.4, 0.5) is 0 Å². The number of amides is 1. The van der Waals surface area contributed by atoms with E-state index in [1.165, 1.54) is 16.7 Å². The van der Waals surface area contributed by atoms with Crippen molar-refractivity contribution in [1.29, 1.82) is 5.26 Å². The first kappa shape index (κ1) is 16.5. The Balaban J connectivity index is 1.84. The molecule has 0 saturated heterocycles. The van der Waals surface area contributed by atoms with Crippen LogP contribution < -0.4 is 5.56 Å². The number of hydrogen-bond acceptors (Lipinski definition) is 5. The predicted molar refractivity (Wildman–Crippen MR) is 92.9 cm³/mol. The lowest BCUT2D eigenvalue weighted by Crippen LogP contribution is -2.29. The molecule has 124 valence electrons. The smallest absolute Gasteiger partial charge is 0.262 e. The highest BCUT2D eigenvalue weighted by Crippen LogP contribution is 2.36. The van der Waals surface area contributed by atoms with Gasteiger partial charge in [0.05, 0.1) is 29.1 Å². The van der Waals surface area contributed by atoms with Gasteiger partial charge in [-0.1, -0.05) is 23.9 Å². The quantitative estimate of drug-likeness (QED) is 0.594. The van der Waals surface area contributed by atoms with E-state index < -0.39 is 0 Å². The number of para-hydroxylation sites is 1. The SMILES string of the molecule is CN(CCC#N)C(=O)CSc1nc2ccccc2c(=O)n1C1CC1. The Morgan fingerprint density at radius 3 is 2.92 bits per heavy atom. The number of carbonyl (C=O) groups excluding carboxylic acids is 1. The van der Waals surface area contributed by atoms with E-state index >= 15 is 0 Å². The van der Waals surface area contributed by atoms with Gasteiger partial charge in [0.2, 0.25) is 5.91 Å². The molecule has 1 fully saturated rings. The van der Waals surface area contributed by atoms with Crippen LogP contribution >= 0.6 is 11.8 Å². The summed E-state index contributed by atoms with van der Waals surface area (Å²) >= 11 is 1.29. The Hall–Kier alpha value is -2.33. The Morgan fingerprint density at radius 2 is 2.21 bits per heavy atom. The minimum atomic E-state index is -0.0694. The summed E-state index contributed by atoms with van der Waals surface area (Å²) in [6, 6.07) is 9.52. The molecule has 1 heterocycles. The summed E-state index contributed by atoms with van der Waals surface area (Å²) in [5.41, 5.74) is 0.628. The Kier molecular flexibility index (Phi) is 4.86. The molecule has 7 heteroatoms. The van der Waals surface area contributed by atoms with Gasteiger partial charge in [-0.05, 0) is 25.0 Å². The largest absolute Gasteiger partial charge is 0.344 e. The molecule has 0 spiro atoms. The van der Waals surface area contributed by atoms with Crippen molar-refractivity contribution in [1.82, 2.24) is 14.5 Å². The van der Waals surface area contributed by atoms with Crippen molar-refractivity contribution in [3.05, 3.63) is 34.6 Å². The van der Waals surface area contributed by atoms with E-state index in [2.05, 4.69) is 4.98 Å². The number of benzene rings is 1. The van der Waals surface area contributed by atoms with E-state index in [-0.39, 0.29) is 23.3 Å². The van der Waals surface area contributed by atoms with Crippen LogP contribution in [-0.2, 0) is 4.79 Å². The molecule has 0 aliphatic heterocycles. The van der Waals surface area contributed by atoms with E-state index in [4.69, 9.17) is 5.26 Å². The Bertz CT molecular complexity index is 867. The number of nitrogens with zero attached hydrogens (tertiary/aromatic N) is 4. The minimum absolute atomic E-state index is 0.0316. The molecule has 1 aliphatic rings. The number of carbonyl (C=O) groups is 1. The van der Waals surface area contributed by atoms with Gasteiger partial charge in [0.1, 0.15) is 0 Å². The number of thioether (sulfide) groups is 1. The molecule has 6 nitrogen and oxygen atoms in total. The highest BCUT2D eigenvalue weighted by atomic mass is 32.2. The summed E-state index contributed by atoms with van der Waals surface area (Å²) in [5, 5.41) is 9.82. The molecule has 1 aromatic carbocycles. The lowest BCUT2D eigenvalue weighted by atomic mass is 10.2. The van der Waals surface area contributed by atoms with E-state index in [1.807, 2.05) is 24.3 Å². The van der Waals surface area contributed by atoms with Crippen molar-refractivity contribution in [3.63, 3.8) is 0 Å². The van der Waals surface area contributed by atoms with Crippen LogP contribution in [0.5, 0.6) is 0 Å². The van der Waals surface area contributed by atoms with Gasteiger partial charge in [0.15, 0.2) is 5.16 Å². The van der Waals surface area contributed by atoms with E-state index in [0.717, 1.165) is 12.8 Å². The number of nitriles is 1. The third-order valence-electron chi connectivity index (χ3n) is 4.00. The van der Waals surface area contributed by atoms with Gasteiger partial charge < -0.3 is 4.90 Å². The molecule has 3 rings (SSSR count). The van der Waals surface area contributed by atoms with Crippen LogP contribution in [0.15, 0.2) is 34.2 Å². The van der Waals surface area contributed by atoms with Gasteiger partial charge in [0.25, 0.3) is 5.56 Å². The van der Waals surface area contributed by atoms with Crippen molar-refractivity contribution in [2.24, 2.45) is 0 Å². The molecule has 1 aromatic heterocycles. The highest BCUT2D eigenvalue weighted by Gasteiger charge is 2.28. The molecule has 0 atom stereocenters. The molecule has 0 bridgehead atoms. The minimum Gasteiger partial charge on any atom is -0.344 e. The highest BCUT2D eigenvalue weighted by molar-refractivity contribution is 7.99. The molecule has 1 amide bonds. The van der Waals surface area contributed by atoms with Crippen LogP contribution in [-0.4, -0.2) is 39.7 Å². The summed E-state index contributed by atoms with van der Waals surface area (Å²) in [5.74, 6) is 0.138. The monoisotopic (exact) mass is 342 g/mol. The van der Waals surface area contributed by atoms with Crippen LogP contribution in [0.3, 0.4) is 0 Å². The molecule has 1 saturated carbocycles. The molecule has 0 radical (unpaired) electrons. The number of hydrogen-bond donors (Lipinski definition) is 0. The first-order valence-electron chi connectivity index (χ1n) is 7.87. The van der Waals surface area contributed by atoms with Crippen molar-refractivity contribution in [3.8, 4) is 6.07 Å². The first-order valence-corrected chi connectivity index (χ1v) is 8.85. The normalized spacial score (nSPS) is 13.7. The van der Waals surface area contributed by atoms with Crippen molar-refractivity contribution in [2.75, 3.05) is 19.3 Å². The summed E-state index contributed by atoms with van der Waals surface area (Å²) in [7, 11) is 1.68. The molecule has 24 heavy (non-hydrogen) atoms. The van der Waals surface area contributed by atoms with Crippen LogP contribution in [0, 0.1) is 11.3 Å². The van der Waals surface area contributed by atoms with Crippen molar-refractivity contribution in [2.45, 2.75) is 30.5 Å². The fraction of sp³-hybridized carbons (Fsp3) is 0.412. The third kappa shape index (κ3) is 3.44. The van der Waals surface area contributed by atoms with Gasteiger partial charge in [0, 0.05) is 19.6 Å². The van der Waals surface area contributed by atoms with E-state index in [9.17, 15) is 9.59 Å². The Labute approximate surface area is 144 Å². The summed E-state index contributed by atoms with van der Waals surface area (Å²) in [6.07, 6.45) is 2.26. The summed E-state index contributed by atoms with van der Waals surface area (Å²) < 4.78 is 1.73. The van der Waals surface area contributed by atoms with Crippen molar-refractivity contribution < 1.29 is 4.79 Å². The van der Waals surface area contributed by atoms with Gasteiger partial charge in [-0.25, -0.2) is 4.98 Å². The number of rotatable bonds is 6. The number of aromatic nitrogens is 2. The second-order valence-electron chi connectivity index (χ2n) is 5.83. The maximum Gasteiger partial charge on any atom is 0.262 e. The van der Waals surface area contributed by atoms with Crippen molar-refractivity contribution >= 4 is 28.6 Å². The van der Waals surface area contributed by atoms with Gasteiger partial charge in [-0.2, -0.15) is 5.26 Å². The standard InChI is InChI=1S/C17H18N4O2S/c1-20(10-4-9-18)15(22)11-24-17-19-14-6-3-2-5-13(14)16(23)21(17)12-7-8-12/h2-3,5-6,12H,4,7-8,10-11H2,1H3. The second-order valence-corrected chi connectivity index (χ2v) is 6.77. The fourth-order valence-corrected chi connectivity index (χ4v) is 3.47. The van der Waals surface area contributed by atoms with Crippen LogP contribution in [0.2, 0.25) is 0 Å². The Morgan fingerprint density at radius 1 is 1.46 bits per heavy atom. The maximum atomic E-state index is 12.7. The van der Waals surface area contributed by atoms with E-state index in [0.29, 0.717) is 29.0 Å². The zero-order chi connectivity index (χ0) is 17.1. The lowest BCUT2D eigenvalue weighted by molar-refractivity contribution is -0.127. The first-order chi connectivity index (χ1) is 11.6. The lowest BCUT2D eigenvalue weighted by Gasteiger charge is -2.16. The fourth-order valence-electron chi connectivity index (χ4n) is 2.46. The molecule has 0 unspecified atom stereocenters. The summed E-state index contributed by atoms with van der Waals surface area (Å²) in [4.78, 5) is 31.0. The molecule has 1 aliphatic carbocycles. The van der Waals surface area contributed by atoms with Gasteiger partial charge in [-0.15, -0.1) is 0 Å². The average Bonchev–Trinajstić information content (AvgIpc) is 3.42. The zero-order valence-electron chi connectivity index (χ0n) is 13.4. The van der Waals surface area contributed by atoms with E-state index in [1.54, 1.807) is 17.7 Å². The molecular weight excluding hydrogens is 324 g/mol. The summed E-state index contributed by atoms with van der Waals surface area (Å²) in [6.45, 7) is 0.413. The van der Waals surface area contributed by atoms with Gasteiger partial charge >= 0.3 is 0 Å². The van der Waals surface area contributed by atoms with Gasteiger partial charge in [-0.3, -0.25) is 14.2 Å². The predicted octanol–water partition coefficient (Wildman–Crippen LogP) is 2.20. The molecule has 2 aromatic rings. The van der Waals surface area contributed by atoms with Crippen LogP contribution in [0.1, 0.15) is 25.3 Å². The van der Waals surface area contributed by atoms with Crippen LogP contribution in [0.25, 0.3) is 10.9 Å². The molecule has 0 N–H and O–H groups in total. The topological polar surface area (TPSA) is 79.0 Å². The average molecular weight is 342 g/mol. The zero-order valence-corrected chi connectivity index (χ0v) is 14.3. The molecular formula is C17H18N4O2S. The third-order valence-corrected chi connectivity index (χ3v) is 4.93. The maximum absolute atomic E-state index is 12.7. The number of fused-ring (bicyclic) bond motifs is 1. The second kappa shape index (κ2) is 7.05.